The third kappa shape index (κ3) is 5.85. The number of nitrogens with one attached hydrogen (secondary N) is 2. The Morgan fingerprint density at radius 3 is 2.56 bits per heavy atom. The summed E-state index contributed by atoms with van der Waals surface area (Å²) in [5.74, 6) is 0.925. The number of rotatable bonds is 6. The fourth-order valence-corrected chi connectivity index (χ4v) is 2.04. The van der Waals surface area contributed by atoms with Gasteiger partial charge in [-0.3, -0.25) is 0 Å². The van der Waals surface area contributed by atoms with Gasteiger partial charge in [0.2, 0.25) is 0 Å². The van der Waals surface area contributed by atoms with Crippen molar-refractivity contribution in [2.45, 2.75) is 32.9 Å². The van der Waals surface area contributed by atoms with Gasteiger partial charge in [-0.1, -0.05) is 15.9 Å². The number of ether oxygens (including phenoxy) is 1. The highest BCUT2D eigenvalue weighted by atomic mass is 79.9. The molecular weight excluding hydrogens is 292 g/mol. The molecule has 0 aliphatic heterocycles. The van der Waals surface area contributed by atoms with Crippen LogP contribution in [0, 0.1) is 0 Å². The molecule has 0 aliphatic carbocycles. The number of methoxy groups -OCH3 is 1. The van der Waals surface area contributed by atoms with Gasteiger partial charge in [0.15, 0.2) is 0 Å². The van der Waals surface area contributed by atoms with Crippen LogP contribution in [0.5, 0.6) is 5.75 Å². The summed E-state index contributed by atoms with van der Waals surface area (Å²) in [7, 11) is 1.70. The summed E-state index contributed by atoms with van der Waals surface area (Å²) in [4.78, 5) is 0. The molecule has 0 fully saturated rings. The van der Waals surface area contributed by atoms with E-state index in [1.165, 1.54) is 5.56 Å². The zero-order valence-electron chi connectivity index (χ0n) is 11.6. The molecule has 3 nitrogen and oxygen atoms in total. The summed E-state index contributed by atoms with van der Waals surface area (Å²) >= 11 is 3.48. The van der Waals surface area contributed by atoms with Crippen LogP contribution in [-0.2, 0) is 6.54 Å². The van der Waals surface area contributed by atoms with Crippen LogP contribution in [0.3, 0.4) is 0 Å². The van der Waals surface area contributed by atoms with Crippen LogP contribution in [0.4, 0.5) is 0 Å². The van der Waals surface area contributed by atoms with Crippen molar-refractivity contribution in [3.8, 4) is 5.75 Å². The molecule has 0 aliphatic rings. The Kier molecular flexibility index (Phi) is 6.12. The smallest absolute Gasteiger partial charge is 0.123 e. The first kappa shape index (κ1) is 15.5. The third-order valence-electron chi connectivity index (χ3n) is 2.52. The maximum Gasteiger partial charge on any atom is 0.123 e. The molecule has 0 amide bonds. The summed E-state index contributed by atoms with van der Waals surface area (Å²) in [6.07, 6.45) is 0. The van der Waals surface area contributed by atoms with Gasteiger partial charge in [0, 0.05) is 35.2 Å². The highest BCUT2D eigenvalue weighted by Gasteiger charge is 2.07. The minimum absolute atomic E-state index is 0.176. The van der Waals surface area contributed by atoms with Crippen LogP contribution in [0.1, 0.15) is 26.3 Å². The molecule has 1 aromatic rings. The van der Waals surface area contributed by atoms with Gasteiger partial charge in [-0.25, -0.2) is 0 Å². The predicted octanol–water partition coefficient (Wildman–Crippen LogP) is 2.94. The van der Waals surface area contributed by atoms with E-state index in [1.54, 1.807) is 7.11 Å². The molecule has 0 spiro atoms. The number of benzene rings is 1. The normalized spacial score (nSPS) is 11.6. The van der Waals surface area contributed by atoms with Crippen LogP contribution in [-0.4, -0.2) is 25.7 Å². The van der Waals surface area contributed by atoms with Crippen LogP contribution in [0.25, 0.3) is 0 Å². The molecule has 18 heavy (non-hydrogen) atoms. The van der Waals surface area contributed by atoms with E-state index < -0.39 is 0 Å². The summed E-state index contributed by atoms with van der Waals surface area (Å²) in [5.41, 5.74) is 1.34. The van der Waals surface area contributed by atoms with E-state index in [-0.39, 0.29) is 5.54 Å². The Hall–Kier alpha value is -0.580. The second-order valence-corrected chi connectivity index (χ2v) is 6.23. The lowest BCUT2D eigenvalue weighted by Gasteiger charge is -2.20. The molecule has 0 heterocycles. The molecule has 0 bridgehead atoms. The van der Waals surface area contributed by atoms with Crippen LogP contribution in [0.2, 0.25) is 0 Å². The molecule has 0 aromatic heterocycles. The first-order chi connectivity index (χ1) is 8.42. The Labute approximate surface area is 118 Å². The zero-order valence-corrected chi connectivity index (χ0v) is 13.2. The topological polar surface area (TPSA) is 33.3 Å². The van der Waals surface area contributed by atoms with Crippen molar-refractivity contribution < 1.29 is 4.74 Å². The van der Waals surface area contributed by atoms with Crippen LogP contribution < -0.4 is 15.4 Å². The van der Waals surface area contributed by atoms with Crippen molar-refractivity contribution in [1.82, 2.24) is 10.6 Å². The predicted molar refractivity (Wildman–Crippen MR) is 80.2 cm³/mol. The maximum atomic E-state index is 5.34. The number of hydrogen-bond acceptors (Lipinski definition) is 3. The monoisotopic (exact) mass is 314 g/mol. The third-order valence-corrected chi connectivity index (χ3v) is 3.01. The minimum atomic E-state index is 0.176. The van der Waals surface area contributed by atoms with Crippen molar-refractivity contribution >= 4 is 15.9 Å². The Morgan fingerprint density at radius 2 is 1.94 bits per heavy atom. The van der Waals surface area contributed by atoms with Crippen molar-refractivity contribution in [3.63, 3.8) is 0 Å². The van der Waals surface area contributed by atoms with E-state index in [0.29, 0.717) is 0 Å². The maximum absolute atomic E-state index is 5.34. The minimum Gasteiger partial charge on any atom is -0.496 e. The lowest BCUT2D eigenvalue weighted by Crippen LogP contribution is -2.40. The van der Waals surface area contributed by atoms with E-state index in [4.69, 9.17) is 4.74 Å². The standard InChI is InChI=1S/C14H23BrN2O/c1-14(2,3)17-8-7-16-10-11-9-12(15)5-6-13(11)18-4/h5-6,9,16-17H,7-8,10H2,1-4H3. The van der Waals surface area contributed by atoms with Crippen molar-refractivity contribution in [1.29, 1.82) is 0 Å². The van der Waals surface area contributed by atoms with E-state index in [1.807, 2.05) is 12.1 Å². The lowest BCUT2D eigenvalue weighted by atomic mass is 10.1. The molecule has 1 rings (SSSR count). The fourth-order valence-electron chi connectivity index (χ4n) is 1.63. The van der Waals surface area contributed by atoms with Gasteiger partial charge in [-0.2, -0.15) is 0 Å². The molecule has 1 aromatic carbocycles. The van der Waals surface area contributed by atoms with Crippen molar-refractivity contribution in [3.05, 3.63) is 28.2 Å². The molecule has 0 radical (unpaired) electrons. The Bertz CT molecular complexity index is 375. The number of hydrogen-bond donors (Lipinski definition) is 2. The summed E-state index contributed by atoms with van der Waals surface area (Å²) in [5, 5.41) is 6.86. The van der Waals surface area contributed by atoms with Gasteiger partial charge < -0.3 is 15.4 Å². The molecule has 0 atom stereocenters. The first-order valence-corrected chi connectivity index (χ1v) is 7.00. The zero-order chi connectivity index (χ0) is 13.6. The van der Waals surface area contributed by atoms with Gasteiger partial charge >= 0.3 is 0 Å². The Morgan fingerprint density at radius 1 is 1.22 bits per heavy atom. The van der Waals surface area contributed by atoms with Crippen LogP contribution in [0.15, 0.2) is 22.7 Å². The first-order valence-electron chi connectivity index (χ1n) is 6.20. The quantitative estimate of drug-likeness (QED) is 0.792. The van der Waals surface area contributed by atoms with Gasteiger partial charge in [0.05, 0.1) is 7.11 Å². The fraction of sp³-hybridized carbons (Fsp3) is 0.571. The van der Waals surface area contributed by atoms with E-state index in [9.17, 15) is 0 Å². The van der Waals surface area contributed by atoms with Gasteiger partial charge in [0.25, 0.3) is 0 Å². The molecule has 0 unspecified atom stereocenters. The lowest BCUT2D eigenvalue weighted by molar-refractivity contribution is 0.404. The number of halogens is 1. The molecule has 0 saturated heterocycles. The van der Waals surface area contributed by atoms with Gasteiger partial charge in [-0.15, -0.1) is 0 Å². The molecular formula is C14H23BrN2O. The summed E-state index contributed by atoms with van der Waals surface area (Å²) in [6, 6.07) is 6.06. The van der Waals surface area contributed by atoms with Crippen molar-refractivity contribution in [2.24, 2.45) is 0 Å². The van der Waals surface area contributed by atoms with Gasteiger partial charge in [0.1, 0.15) is 5.75 Å². The summed E-state index contributed by atoms with van der Waals surface area (Å²) < 4.78 is 6.41. The molecule has 2 N–H and O–H groups in total. The largest absolute Gasteiger partial charge is 0.496 e. The van der Waals surface area contributed by atoms with Crippen molar-refractivity contribution in [2.75, 3.05) is 20.2 Å². The van der Waals surface area contributed by atoms with Crippen LogP contribution >= 0.6 is 15.9 Å². The average molecular weight is 315 g/mol. The van der Waals surface area contributed by atoms with E-state index >= 15 is 0 Å². The second-order valence-electron chi connectivity index (χ2n) is 5.31. The highest BCUT2D eigenvalue weighted by molar-refractivity contribution is 9.10. The molecule has 102 valence electrons. The SMILES string of the molecule is COc1ccc(Br)cc1CNCCNC(C)(C)C. The molecule has 4 heteroatoms. The average Bonchev–Trinajstić information content (AvgIpc) is 2.27. The summed E-state index contributed by atoms with van der Waals surface area (Å²) in [6.45, 7) is 9.22. The highest BCUT2D eigenvalue weighted by Crippen LogP contribution is 2.22. The van der Waals surface area contributed by atoms with E-state index in [2.05, 4.69) is 53.4 Å². The van der Waals surface area contributed by atoms with Gasteiger partial charge in [-0.05, 0) is 39.0 Å². The Balaban J connectivity index is 2.37. The second kappa shape index (κ2) is 7.12. The van der Waals surface area contributed by atoms with E-state index in [0.717, 1.165) is 29.9 Å². The molecule has 0 saturated carbocycles.